The highest BCUT2D eigenvalue weighted by atomic mass is 16.6. The van der Waals surface area contributed by atoms with Crippen LogP contribution in [0.5, 0.6) is 6.01 Å². The Hall–Kier alpha value is -1.78. The molecule has 0 aliphatic heterocycles. The molecule has 1 aromatic heterocycles. The minimum atomic E-state index is -1.00. The maximum atomic E-state index is 10.3. The molecule has 1 heterocycles. The van der Waals surface area contributed by atoms with Crippen molar-refractivity contribution in [2.45, 2.75) is 0 Å². The summed E-state index contributed by atoms with van der Waals surface area (Å²) in [5, 5.41) is 0. The van der Waals surface area contributed by atoms with Gasteiger partial charge in [0.2, 0.25) is 6.29 Å². The van der Waals surface area contributed by atoms with E-state index in [1.807, 2.05) is 0 Å². The molecule has 0 unspecified atom stereocenters. The van der Waals surface area contributed by atoms with Crippen LogP contribution in [0, 0.1) is 0 Å². The number of hydrogen-bond acceptors (Lipinski definition) is 5. The first-order valence-electron chi connectivity index (χ1n) is 2.77. The van der Waals surface area contributed by atoms with Gasteiger partial charge in [-0.2, -0.15) is 0 Å². The van der Waals surface area contributed by atoms with E-state index in [0.29, 0.717) is 0 Å². The second-order valence-electron chi connectivity index (χ2n) is 1.57. The molecular weight excluding hydrogens is 148 g/mol. The van der Waals surface area contributed by atoms with Crippen LogP contribution in [0.15, 0.2) is 18.5 Å². The van der Waals surface area contributed by atoms with Crippen molar-refractivity contribution in [3.05, 3.63) is 18.5 Å². The molecule has 0 atom stereocenters. The van der Waals surface area contributed by atoms with Crippen molar-refractivity contribution in [2.24, 2.45) is 0 Å². The SMILES string of the molecule is O=CC(=O)Oc1ncccn1. The predicted molar refractivity (Wildman–Crippen MR) is 33.7 cm³/mol. The molecule has 0 N–H and O–H groups in total. The molecular formula is C6H4N2O3. The number of nitrogens with zero attached hydrogens (tertiary/aromatic N) is 2. The number of ether oxygens (including phenoxy) is 1. The normalized spacial score (nSPS) is 8.73. The minimum Gasteiger partial charge on any atom is -0.385 e. The largest absolute Gasteiger partial charge is 0.385 e. The molecule has 0 bridgehead atoms. The van der Waals surface area contributed by atoms with Gasteiger partial charge in [-0.15, -0.1) is 0 Å². The molecule has 0 radical (unpaired) electrons. The second-order valence-corrected chi connectivity index (χ2v) is 1.57. The highest BCUT2D eigenvalue weighted by Gasteiger charge is 2.02. The first kappa shape index (κ1) is 7.33. The molecule has 0 spiro atoms. The van der Waals surface area contributed by atoms with Gasteiger partial charge in [-0.05, 0) is 6.07 Å². The fourth-order valence-electron chi connectivity index (χ4n) is 0.452. The van der Waals surface area contributed by atoms with E-state index in [9.17, 15) is 9.59 Å². The number of carbonyl (C=O) groups excluding carboxylic acids is 2. The molecule has 0 fully saturated rings. The molecule has 11 heavy (non-hydrogen) atoms. The summed E-state index contributed by atoms with van der Waals surface area (Å²) in [4.78, 5) is 27.2. The minimum absolute atomic E-state index is 0.0519. The van der Waals surface area contributed by atoms with E-state index in [1.165, 1.54) is 12.4 Å². The fourth-order valence-corrected chi connectivity index (χ4v) is 0.452. The van der Waals surface area contributed by atoms with Crippen molar-refractivity contribution in [1.29, 1.82) is 0 Å². The Morgan fingerprint density at radius 2 is 2.09 bits per heavy atom. The van der Waals surface area contributed by atoms with Gasteiger partial charge in [-0.25, -0.2) is 14.8 Å². The Labute approximate surface area is 62.0 Å². The molecule has 0 saturated heterocycles. The Bertz CT molecular complexity index is 260. The van der Waals surface area contributed by atoms with Gasteiger partial charge in [-0.1, -0.05) is 0 Å². The third-order valence-electron chi connectivity index (χ3n) is 0.830. The zero-order valence-electron chi connectivity index (χ0n) is 5.43. The molecule has 0 aliphatic carbocycles. The van der Waals surface area contributed by atoms with Crippen molar-refractivity contribution in [3.63, 3.8) is 0 Å². The summed E-state index contributed by atoms with van der Waals surface area (Å²) in [5.41, 5.74) is 0. The molecule has 5 nitrogen and oxygen atoms in total. The molecule has 0 aliphatic rings. The third-order valence-corrected chi connectivity index (χ3v) is 0.830. The van der Waals surface area contributed by atoms with Crippen molar-refractivity contribution >= 4 is 12.3 Å². The molecule has 0 aromatic carbocycles. The monoisotopic (exact) mass is 152 g/mol. The van der Waals surface area contributed by atoms with E-state index in [1.54, 1.807) is 6.07 Å². The number of esters is 1. The lowest BCUT2D eigenvalue weighted by molar-refractivity contribution is -0.141. The van der Waals surface area contributed by atoms with E-state index >= 15 is 0 Å². The number of aldehydes is 1. The Balaban J connectivity index is 2.65. The molecule has 56 valence electrons. The number of hydrogen-bond donors (Lipinski definition) is 0. The van der Waals surface area contributed by atoms with Gasteiger partial charge in [-0.3, -0.25) is 4.79 Å². The molecule has 0 saturated carbocycles. The van der Waals surface area contributed by atoms with Gasteiger partial charge in [0.1, 0.15) is 0 Å². The van der Waals surface area contributed by atoms with Crippen LogP contribution in [0.2, 0.25) is 0 Å². The first-order chi connectivity index (χ1) is 5.33. The zero-order chi connectivity index (χ0) is 8.10. The molecule has 0 amide bonds. The lowest BCUT2D eigenvalue weighted by Gasteiger charge is -1.93. The van der Waals surface area contributed by atoms with Gasteiger partial charge in [0.05, 0.1) is 0 Å². The van der Waals surface area contributed by atoms with E-state index < -0.39 is 5.97 Å². The maximum Gasteiger partial charge on any atom is 0.379 e. The van der Waals surface area contributed by atoms with Crippen LogP contribution in [0.25, 0.3) is 0 Å². The summed E-state index contributed by atoms with van der Waals surface area (Å²) >= 11 is 0. The summed E-state index contributed by atoms with van der Waals surface area (Å²) in [6.07, 6.45) is 2.86. The van der Waals surface area contributed by atoms with Crippen LogP contribution >= 0.6 is 0 Å². The zero-order valence-corrected chi connectivity index (χ0v) is 5.43. The standard InChI is InChI=1S/C6H4N2O3/c9-4-5(10)11-6-7-2-1-3-8-6/h1-4H. The van der Waals surface area contributed by atoms with Gasteiger partial charge in [0.25, 0.3) is 0 Å². The lowest BCUT2D eigenvalue weighted by atomic mass is 10.7. The predicted octanol–water partition coefficient (Wildman–Crippen LogP) is -0.419. The van der Waals surface area contributed by atoms with Crippen LogP contribution in [0.4, 0.5) is 0 Å². The van der Waals surface area contributed by atoms with Gasteiger partial charge >= 0.3 is 12.0 Å². The smallest absolute Gasteiger partial charge is 0.379 e. The quantitative estimate of drug-likeness (QED) is 0.327. The average Bonchev–Trinajstić information content (AvgIpc) is 2.06. The number of carbonyl (C=O) groups is 2. The summed E-state index contributed by atoms with van der Waals surface area (Å²) in [6.45, 7) is 0. The van der Waals surface area contributed by atoms with Crippen molar-refractivity contribution < 1.29 is 14.3 Å². The number of aromatic nitrogens is 2. The number of rotatable bonds is 2. The van der Waals surface area contributed by atoms with E-state index in [2.05, 4.69) is 14.7 Å². The Morgan fingerprint density at radius 3 is 2.64 bits per heavy atom. The van der Waals surface area contributed by atoms with Crippen LogP contribution in [0.3, 0.4) is 0 Å². The van der Waals surface area contributed by atoms with Gasteiger partial charge in [0.15, 0.2) is 0 Å². The van der Waals surface area contributed by atoms with Crippen LogP contribution in [0.1, 0.15) is 0 Å². The van der Waals surface area contributed by atoms with E-state index in [-0.39, 0.29) is 12.3 Å². The fraction of sp³-hybridized carbons (Fsp3) is 0. The highest BCUT2D eigenvalue weighted by molar-refractivity contribution is 6.21. The van der Waals surface area contributed by atoms with E-state index in [0.717, 1.165) is 0 Å². The van der Waals surface area contributed by atoms with E-state index in [4.69, 9.17) is 0 Å². The second kappa shape index (κ2) is 3.40. The highest BCUT2D eigenvalue weighted by Crippen LogP contribution is 1.95. The molecule has 1 aromatic rings. The summed E-state index contributed by atoms with van der Waals surface area (Å²) in [6, 6.07) is 1.45. The van der Waals surface area contributed by atoms with Crippen LogP contribution in [-0.4, -0.2) is 22.2 Å². The Morgan fingerprint density at radius 1 is 1.45 bits per heavy atom. The van der Waals surface area contributed by atoms with Crippen molar-refractivity contribution in [1.82, 2.24) is 9.97 Å². The van der Waals surface area contributed by atoms with Crippen LogP contribution in [-0.2, 0) is 9.59 Å². The topological polar surface area (TPSA) is 69.2 Å². The van der Waals surface area contributed by atoms with Crippen LogP contribution < -0.4 is 4.74 Å². The van der Waals surface area contributed by atoms with Crippen molar-refractivity contribution in [3.8, 4) is 6.01 Å². The Kier molecular flexibility index (Phi) is 2.27. The maximum absolute atomic E-state index is 10.3. The molecule has 1 rings (SSSR count). The lowest BCUT2D eigenvalue weighted by Crippen LogP contribution is -2.10. The summed E-state index contributed by atoms with van der Waals surface area (Å²) in [7, 11) is 0. The average molecular weight is 152 g/mol. The summed E-state index contributed by atoms with van der Waals surface area (Å²) in [5.74, 6) is -1.00. The summed E-state index contributed by atoms with van der Waals surface area (Å²) < 4.78 is 4.33. The van der Waals surface area contributed by atoms with Crippen molar-refractivity contribution in [2.75, 3.05) is 0 Å². The molecule has 5 heteroatoms. The first-order valence-corrected chi connectivity index (χ1v) is 2.77. The van der Waals surface area contributed by atoms with Gasteiger partial charge < -0.3 is 4.74 Å². The van der Waals surface area contributed by atoms with Gasteiger partial charge in [0, 0.05) is 12.4 Å². The third kappa shape index (κ3) is 2.13.